The molecule has 0 spiro atoms. The Kier molecular flexibility index (Phi) is 3.40. The van der Waals surface area contributed by atoms with Crippen molar-refractivity contribution in [1.82, 2.24) is 0 Å². The van der Waals surface area contributed by atoms with Gasteiger partial charge in [0.15, 0.2) is 0 Å². The molecule has 0 bridgehead atoms. The summed E-state index contributed by atoms with van der Waals surface area (Å²) in [6, 6.07) is 0. The average Bonchev–Trinajstić information content (AvgIpc) is 1.76. The molecule has 1 aliphatic carbocycles. The first-order chi connectivity index (χ1) is 2.50. The minimum Gasteiger partial charge on any atom is -1.00 e. The van der Waals surface area contributed by atoms with E-state index < -0.39 is 0 Å². The Hall–Kier alpha value is 0.129. The summed E-state index contributed by atoms with van der Waals surface area (Å²) in [5.41, 5.74) is 0. The molecule has 0 saturated carbocycles. The fraction of sp³-hybridized carbons (Fsp3) is 0.200. The first kappa shape index (κ1) is 6.13. The van der Waals surface area contributed by atoms with Crippen LogP contribution in [-0.4, -0.2) is 0 Å². The number of hydrogen-bond donors (Lipinski definition) is 0. The molecule has 0 nitrogen and oxygen atoms in total. The molecule has 39 valence electrons. The van der Waals surface area contributed by atoms with Crippen molar-refractivity contribution in [2.45, 2.75) is 6.42 Å². The Morgan fingerprint density at radius 1 is 1.67 bits per heavy atom. The fourth-order valence-corrected chi connectivity index (χ4v) is 0.340. The molecule has 6 heavy (non-hydrogen) atoms. The molecular formula is C5H7Ir-3. The van der Waals surface area contributed by atoms with Gasteiger partial charge in [0.05, 0.1) is 0 Å². The molecule has 1 rings (SSSR count). The van der Waals surface area contributed by atoms with Crippen LogP contribution >= 0.6 is 0 Å². The van der Waals surface area contributed by atoms with Crippen LogP contribution in [0.3, 0.4) is 0 Å². The monoisotopic (exact) mass is 260 g/mol. The topological polar surface area (TPSA) is 0 Å². The molecule has 0 aromatic carbocycles. The number of hydrogen-bond acceptors (Lipinski definition) is 0. The largest absolute Gasteiger partial charge is 1.00 e. The fourth-order valence-electron chi connectivity index (χ4n) is 0.340. The van der Waals surface area contributed by atoms with Crippen LogP contribution in [0.2, 0.25) is 0 Å². The predicted molar refractivity (Wildman–Crippen MR) is 23.8 cm³/mol. The second-order valence-corrected chi connectivity index (χ2v) is 1.00. The van der Waals surface area contributed by atoms with Gasteiger partial charge in [0, 0.05) is 20.1 Å². The molecule has 0 amide bonds. The van der Waals surface area contributed by atoms with Crippen molar-refractivity contribution in [1.29, 1.82) is 0 Å². The summed E-state index contributed by atoms with van der Waals surface area (Å²) in [5, 5.41) is 0. The Morgan fingerprint density at radius 2 is 2.50 bits per heavy atom. The SMILES string of the molecule is [C-]1=CC=CC1.[H-].[H-].[Ir]. The Labute approximate surface area is 54.3 Å². The normalized spacial score (nSPS) is 14.7. The van der Waals surface area contributed by atoms with Gasteiger partial charge in [-0.15, -0.1) is 6.42 Å². The second kappa shape index (κ2) is 3.32. The third-order valence-corrected chi connectivity index (χ3v) is 0.586. The molecule has 1 aliphatic rings. The molecule has 0 aromatic rings. The second-order valence-electron chi connectivity index (χ2n) is 1.00. The van der Waals surface area contributed by atoms with Crippen LogP contribution in [0, 0.1) is 6.08 Å². The quantitative estimate of drug-likeness (QED) is 0.579. The van der Waals surface area contributed by atoms with Crippen LogP contribution in [0.4, 0.5) is 0 Å². The van der Waals surface area contributed by atoms with Crippen molar-refractivity contribution in [3.05, 3.63) is 24.3 Å². The van der Waals surface area contributed by atoms with E-state index in [2.05, 4.69) is 12.2 Å². The van der Waals surface area contributed by atoms with Gasteiger partial charge in [-0.2, -0.15) is 6.08 Å². The van der Waals surface area contributed by atoms with Crippen LogP contribution in [-0.2, 0) is 20.1 Å². The van der Waals surface area contributed by atoms with E-state index in [0.717, 1.165) is 6.42 Å². The summed E-state index contributed by atoms with van der Waals surface area (Å²) < 4.78 is 0. The molecular weight excluding hydrogens is 252 g/mol. The Morgan fingerprint density at radius 3 is 2.67 bits per heavy atom. The summed E-state index contributed by atoms with van der Waals surface area (Å²) in [6.07, 6.45) is 10.0. The average molecular weight is 259 g/mol. The van der Waals surface area contributed by atoms with Gasteiger partial charge in [0.2, 0.25) is 0 Å². The van der Waals surface area contributed by atoms with Crippen LogP contribution in [0.25, 0.3) is 0 Å². The van der Waals surface area contributed by atoms with E-state index >= 15 is 0 Å². The van der Waals surface area contributed by atoms with Gasteiger partial charge in [0.25, 0.3) is 0 Å². The maximum atomic E-state index is 2.99. The van der Waals surface area contributed by atoms with Crippen LogP contribution < -0.4 is 0 Å². The van der Waals surface area contributed by atoms with Crippen LogP contribution in [0.1, 0.15) is 9.27 Å². The number of allylic oxidation sites excluding steroid dienone is 4. The minimum atomic E-state index is 0. The molecule has 0 unspecified atom stereocenters. The predicted octanol–water partition coefficient (Wildman–Crippen LogP) is 1.53. The van der Waals surface area contributed by atoms with E-state index in [4.69, 9.17) is 0 Å². The van der Waals surface area contributed by atoms with Gasteiger partial charge < -0.3 is 2.85 Å². The standard InChI is InChI=1S/C5H5.Ir.2H/c1-2-4-5-3-1;;;/h1-3H,4H2;;;/q-1;;2*-1. The third kappa shape index (κ3) is 1.54. The van der Waals surface area contributed by atoms with Crippen molar-refractivity contribution in [2.75, 3.05) is 0 Å². The Bertz CT molecular complexity index is 68.5. The first-order valence-corrected chi connectivity index (χ1v) is 1.72. The molecule has 0 saturated heterocycles. The third-order valence-electron chi connectivity index (χ3n) is 0.586. The van der Waals surface area contributed by atoms with E-state index in [1.807, 2.05) is 12.2 Å². The Balaban J connectivity index is -0.0000000833. The molecule has 0 N–H and O–H groups in total. The smallest absolute Gasteiger partial charge is 0 e. The molecule has 0 heterocycles. The van der Waals surface area contributed by atoms with E-state index in [9.17, 15) is 0 Å². The van der Waals surface area contributed by atoms with Crippen molar-refractivity contribution >= 4 is 0 Å². The van der Waals surface area contributed by atoms with Crippen molar-refractivity contribution in [3.8, 4) is 0 Å². The zero-order valence-electron chi connectivity index (χ0n) is 5.27. The summed E-state index contributed by atoms with van der Waals surface area (Å²) in [6.45, 7) is 0. The van der Waals surface area contributed by atoms with Gasteiger partial charge in [-0.05, 0) is 0 Å². The van der Waals surface area contributed by atoms with E-state index in [-0.39, 0.29) is 23.0 Å². The maximum Gasteiger partial charge on any atom is 0 e. The van der Waals surface area contributed by atoms with Gasteiger partial charge in [0.1, 0.15) is 0 Å². The van der Waals surface area contributed by atoms with Crippen molar-refractivity contribution in [2.24, 2.45) is 0 Å². The van der Waals surface area contributed by atoms with Gasteiger partial charge in [-0.3, -0.25) is 6.08 Å². The van der Waals surface area contributed by atoms with Crippen molar-refractivity contribution in [3.63, 3.8) is 0 Å². The first-order valence-electron chi connectivity index (χ1n) is 1.72. The molecule has 0 aliphatic heterocycles. The van der Waals surface area contributed by atoms with E-state index in [1.165, 1.54) is 0 Å². The molecule has 1 heteroatoms. The summed E-state index contributed by atoms with van der Waals surface area (Å²) in [4.78, 5) is 0. The maximum absolute atomic E-state index is 2.99. The molecule has 0 atom stereocenters. The van der Waals surface area contributed by atoms with Crippen LogP contribution in [0.5, 0.6) is 0 Å². The van der Waals surface area contributed by atoms with Gasteiger partial charge >= 0.3 is 0 Å². The summed E-state index contributed by atoms with van der Waals surface area (Å²) >= 11 is 0. The van der Waals surface area contributed by atoms with E-state index in [1.54, 1.807) is 0 Å². The molecule has 0 aromatic heterocycles. The van der Waals surface area contributed by atoms with Gasteiger partial charge in [-0.25, -0.2) is 12.2 Å². The molecule has 0 fully saturated rings. The summed E-state index contributed by atoms with van der Waals surface area (Å²) in [5.74, 6) is 0. The van der Waals surface area contributed by atoms with Crippen LogP contribution in [0.15, 0.2) is 18.2 Å². The molecule has 1 radical (unpaired) electrons. The summed E-state index contributed by atoms with van der Waals surface area (Å²) in [7, 11) is 0. The van der Waals surface area contributed by atoms with E-state index in [0.29, 0.717) is 0 Å². The number of rotatable bonds is 0. The van der Waals surface area contributed by atoms with Crippen molar-refractivity contribution < 1.29 is 23.0 Å². The zero-order valence-corrected chi connectivity index (χ0v) is 5.67. The zero-order chi connectivity index (χ0) is 3.54. The van der Waals surface area contributed by atoms with Gasteiger partial charge in [-0.1, -0.05) is 0 Å². The minimum absolute atomic E-state index is 0.